The Hall–Kier alpha value is -1.02. The lowest BCUT2D eigenvalue weighted by Crippen LogP contribution is -2.45. The Balaban J connectivity index is 3.93. The van der Waals surface area contributed by atoms with E-state index in [4.69, 9.17) is 9.05 Å². The molecular formula is C83H165N2O6P. The molecule has 0 radical (unpaired) electrons. The molecule has 0 aliphatic heterocycles. The van der Waals surface area contributed by atoms with Crippen LogP contribution in [-0.4, -0.2) is 68.5 Å². The van der Waals surface area contributed by atoms with E-state index in [1.54, 1.807) is 6.08 Å². The number of hydrogen-bond donors (Lipinski definition) is 2. The molecule has 9 heteroatoms. The molecule has 0 aliphatic rings. The molecule has 0 rings (SSSR count). The molecule has 1 amide bonds. The lowest BCUT2D eigenvalue weighted by atomic mass is 10.0. The molecule has 0 heterocycles. The number of allylic oxidation sites excluding steroid dienone is 3. The highest BCUT2D eigenvalue weighted by molar-refractivity contribution is 7.45. The zero-order valence-electron chi connectivity index (χ0n) is 63.1. The van der Waals surface area contributed by atoms with Gasteiger partial charge in [0.1, 0.15) is 13.2 Å². The average molecular weight is 1320 g/mol. The van der Waals surface area contributed by atoms with Gasteiger partial charge < -0.3 is 28.8 Å². The number of nitrogens with zero attached hydrogens (tertiary/aromatic N) is 1. The van der Waals surface area contributed by atoms with Gasteiger partial charge in [-0.3, -0.25) is 9.36 Å². The summed E-state index contributed by atoms with van der Waals surface area (Å²) in [4.78, 5) is 25.7. The van der Waals surface area contributed by atoms with E-state index in [1.807, 2.05) is 27.2 Å². The highest BCUT2D eigenvalue weighted by atomic mass is 31.2. The average Bonchev–Trinajstić information content (AvgIpc) is 2.74. The van der Waals surface area contributed by atoms with Gasteiger partial charge in [-0.25, -0.2) is 0 Å². The Labute approximate surface area is 576 Å². The topological polar surface area (TPSA) is 108 Å². The molecule has 548 valence electrons. The highest BCUT2D eigenvalue weighted by Gasteiger charge is 2.23. The van der Waals surface area contributed by atoms with Crippen LogP contribution in [0.2, 0.25) is 0 Å². The van der Waals surface area contributed by atoms with Crippen molar-refractivity contribution in [2.75, 3.05) is 40.9 Å². The number of rotatable bonds is 79. The molecule has 8 nitrogen and oxygen atoms in total. The highest BCUT2D eigenvalue weighted by Crippen LogP contribution is 2.38. The Bertz CT molecular complexity index is 1550. The maximum absolute atomic E-state index is 13.1. The second kappa shape index (κ2) is 74.2. The minimum absolute atomic E-state index is 0.00322. The number of amides is 1. The molecule has 0 saturated carbocycles. The number of unbranched alkanes of at least 4 members (excludes halogenated alkanes) is 64. The van der Waals surface area contributed by atoms with Gasteiger partial charge in [0.2, 0.25) is 5.91 Å². The maximum atomic E-state index is 13.1. The number of phosphoric acid groups is 1. The number of aliphatic hydroxyl groups is 1. The van der Waals surface area contributed by atoms with E-state index in [0.29, 0.717) is 17.4 Å². The van der Waals surface area contributed by atoms with Gasteiger partial charge in [0.25, 0.3) is 7.82 Å². The van der Waals surface area contributed by atoms with Crippen molar-refractivity contribution in [2.45, 2.75) is 463 Å². The standard InChI is InChI=1S/C83H165N2O6P/c1-6-8-10-12-14-16-18-20-22-24-26-28-30-32-34-36-38-40-41-42-43-44-45-47-49-51-53-55-57-59-61-63-65-67-69-71-73-75-77-83(87)84-81(80-91-92(88,89)90-79-78-85(3,4)5)82(86)76-74-72-70-68-66-64-62-60-58-56-54-52-50-48-46-39-37-35-33-31-29-27-25-23-21-19-17-15-13-11-9-7-2/h66,68,74,76,81-82,86H,6-65,67,69-73,75,77-80H2,1-5H3,(H-,84,87,88,89)/b68-66+,76-74+. The zero-order chi connectivity index (χ0) is 66.9. The molecule has 0 spiro atoms. The van der Waals surface area contributed by atoms with Crippen LogP contribution in [0.25, 0.3) is 0 Å². The summed E-state index contributed by atoms with van der Waals surface area (Å²) in [6, 6.07) is -0.903. The minimum atomic E-state index is -4.61. The first-order chi connectivity index (χ1) is 45.0. The van der Waals surface area contributed by atoms with Crippen LogP contribution < -0.4 is 10.2 Å². The number of aliphatic hydroxyl groups excluding tert-OH is 1. The molecule has 0 aromatic heterocycles. The Morgan fingerprint density at radius 1 is 0.370 bits per heavy atom. The fourth-order valence-corrected chi connectivity index (χ4v) is 14.0. The molecule has 3 unspecified atom stereocenters. The molecule has 92 heavy (non-hydrogen) atoms. The third kappa shape index (κ3) is 76.3. The van der Waals surface area contributed by atoms with Crippen molar-refractivity contribution in [1.29, 1.82) is 0 Å². The Kier molecular flexibility index (Phi) is 73.4. The maximum Gasteiger partial charge on any atom is 0.268 e. The molecule has 2 N–H and O–H groups in total. The molecule has 0 fully saturated rings. The number of nitrogens with one attached hydrogen (secondary N) is 1. The summed E-state index contributed by atoms with van der Waals surface area (Å²) in [6.07, 6.45) is 99.5. The number of quaternary nitrogens is 1. The van der Waals surface area contributed by atoms with E-state index in [-0.39, 0.29) is 19.1 Å². The van der Waals surface area contributed by atoms with Crippen molar-refractivity contribution in [3.8, 4) is 0 Å². The van der Waals surface area contributed by atoms with Gasteiger partial charge in [0, 0.05) is 6.42 Å². The molecule has 0 aromatic rings. The first-order valence-electron chi connectivity index (χ1n) is 41.7. The molecule has 0 saturated heterocycles. The van der Waals surface area contributed by atoms with Crippen LogP contribution in [0.4, 0.5) is 0 Å². The third-order valence-corrected chi connectivity index (χ3v) is 20.6. The summed E-state index contributed by atoms with van der Waals surface area (Å²) in [7, 11) is 1.27. The van der Waals surface area contributed by atoms with E-state index >= 15 is 0 Å². The minimum Gasteiger partial charge on any atom is -0.756 e. The summed E-state index contributed by atoms with van der Waals surface area (Å²) in [5, 5.41) is 14.0. The van der Waals surface area contributed by atoms with Crippen molar-refractivity contribution >= 4 is 13.7 Å². The van der Waals surface area contributed by atoms with Gasteiger partial charge in [-0.2, -0.15) is 0 Å². The number of carbonyl (C=O) groups excluding carboxylic acids is 1. The van der Waals surface area contributed by atoms with E-state index in [0.717, 1.165) is 38.5 Å². The van der Waals surface area contributed by atoms with Gasteiger partial charge >= 0.3 is 0 Å². The van der Waals surface area contributed by atoms with Crippen LogP contribution >= 0.6 is 7.82 Å². The lowest BCUT2D eigenvalue weighted by molar-refractivity contribution is -0.870. The van der Waals surface area contributed by atoms with Crippen LogP contribution in [0.5, 0.6) is 0 Å². The number of carbonyl (C=O) groups is 1. The van der Waals surface area contributed by atoms with Crippen LogP contribution in [0.3, 0.4) is 0 Å². The first kappa shape index (κ1) is 91.0. The van der Waals surface area contributed by atoms with Crippen molar-refractivity contribution in [1.82, 2.24) is 5.32 Å². The summed E-state index contributed by atoms with van der Waals surface area (Å²) < 4.78 is 23.5. The van der Waals surface area contributed by atoms with Crippen molar-refractivity contribution in [3.63, 3.8) is 0 Å². The van der Waals surface area contributed by atoms with E-state index in [9.17, 15) is 19.4 Å². The fraction of sp³-hybridized carbons (Fsp3) is 0.940. The Morgan fingerprint density at radius 2 is 0.609 bits per heavy atom. The van der Waals surface area contributed by atoms with Gasteiger partial charge in [-0.15, -0.1) is 0 Å². The van der Waals surface area contributed by atoms with E-state index < -0.39 is 20.0 Å². The molecular weight excluding hydrogens is 1150 g/mol. The first-order valence-corrected chi connectivity index (χ1v) is 43.2. The van der Waals surface area contributed by atoms with Gasteiger partial charge in [-0.05, 0) is 32.1 Å². The van der Waals surface area contributed by atoms with Crippen LogP contribution in [0, 0.1) is 0 Å². The predicted molar refractivity (Wildman–Crippen MR) is 404 cm³/mol. The SMILES string of the molecule is CCCCCCCCCCCCCCCCCCCCCCCCCCCC/C=C/CC/C=C/C(O)C(COP(=O)([O-])OCC[N+](C)(C)C)NC(=O)CCCCCCCCCCCCCCCCCCCCCCCCCCCCCCCCCCCCCCCC. The molecule has 0 aliphatic carbocycles. The monoisotopic (exact) mass is 1320 g/mol. The fourth-order valence-electron chi connectivity index (χ4n) is 13.2. The summed E-state index contributed by atoms with van der Waals surface area (Å²) >= 11 is 0. The van der Waals surface area contributed by atoms with Crippen LogP contribution in [0.15, 0.2) is 24.3 Å². The number of phosphoric ester groups is 1. The summed E-state index contributed by atoms with van der Waals surface area (Å²) in [5.74, 6) is -0.196. The van der Waals surface area contributed by atoms with Crippen molar-refractivity contribution in [2.24, 2.45) is 0 Å². The summed E-state index contributed by atoms with van der Waals surface area (Å²) in [5.41, 5.74) is 0. The van der Waals surface area contributed by atoms with Gasteiger partial charge in [0.05, 0.1) is 39.9 Å². The molecule has 0 bridgehead atoms. The number of likely N-dealkylation sites (N-methyl/N-ethyl adjacent to an activating group) is 1. The predicted octanol–water partition coefficient (Wildman–Crippen LogP) is 26.7. The van der Waals surface area contributed by atoms with E-state index in [1.165, 1.54) is 392 Å². The number of hydrogen-bond acceptors (Lipinski definition) is 6. The Morgan fingerprint density at radius 3 is 0.880 bits per heavy atom. The van der Waals surface area contributed by atoms with Crippen LogP contribution in [0.1, 0.15) is 450 Å². The van der Waals surface area contributed by atoms with Gasteiger partial charge in [0.15, 0.2) is 0 Å². The van der Waals surface area contributed by atoms with E-state index in [2.05, 4.69) is 31.3 Å². The summed E-state index contributed by atoms with van der Waals surface area (Å²) in [6.45, 7) is 4.71. The van der Waals surface area contributed by atoms with Gasteiger partial charge in [-0.1, -0.05) is 436 Å². The zero-order valence-corrected chi connectivity index (χ0v) is 63.9. The lowest BCUT2D eigenvalue weighted by Gasteiger charge is -2.29. The molecule has 3 atom stereocenters. The largest absolute Gasteiger partial charge is 0.756 e. The normalized spacial score (nSPS) is 13.5. The smallest absolute Gasteiger partial charge is 0.268 e. The van der Waals surface area contributed by atoms with Crippen molar-refractivity contribution in [3.05, 3.63) is 24.3 Å². The van der Waals surface area contributed by atoms with Crippen molar-refractivity contribution < 1.29 is 32.9 Å². The quantitative estimate of drug-likeness (QED) is 0.0272. The second-order valence-electron chi connectivity index (χ2n) is 30.2. The second-order valence-corrected chi connectivity index (χ2v) is 31.6. The third-order valence-electron chi connectivity index (χ3n) is 19.7. The van der Waals surface area contributed by atoms with Crippen LogP contribution in [-0.2, 0) is 18.4 Å². The molecule has 0 aromatic carbocycles.